The van der Waals surface area contributed by atoms with Crippen LogP contribution in [0.15, 0.2) is 53.4 Å². The Labute approximate surface area is 169 Å². The Morgan fingerprint density at radius 1 is 1.14 bits per heavy atom. The van der Waals surface area contributed by atoms with Crippen LogP contribution in [-0.4, -0.2) is 59.2 Å². The number of sulfonamides is 1. The third kappa shape index (κ3) is 5.39. The van der Waals surface area contributed by atoms with Crippen LogP contribution in [-0.2, 0) is 19.5 Å². The van der Waals surface area contributed by atoms with E-state index in [4.69, 9.17) is 4.74 Å². The summed E-state index contributed by atoms with van der Waals surface area (Å²) in [7, 11) is -2.53. The summed E-state index contributed by atoms with van der Waals surface area (Å²) in [4.78, 5) is 13.7. The second kappa shape index (κ2) is 9.45. The molecule has 2 aromatic rings. The summed E-state index contributed by atoms with van der Waals surface area (Å²) < 4.78 is 51.4. The first-order valence-corrected chi connectivity index (χ1v) is 10.6. The van der Waals surface area contributed by atoms with Crippen molar-refractivity contribution in [2.24, 2.45) is 0 Å². The SMILES string of the molecule is COC(=O)c1ccc(S(=O)(=O)NCC(c2ccc(F)cc2)N2CCOCC2)cc1. The predicted molar refractivity (Wildman–Crippen MR) is 105 cm³/mol. The monoisotopic (exact) mass is 422 g/mol. The molecule has 1 fully saturated rings. The fraction of sp³-hybridized carbons (Fsp3) is 0.350. The van der Waals surface area contributed by atoms with Gasteiger partial charge in [0, 0.05) is 25.7 Å². The van der Waals surface area contributed by atoms with Crippen molar-refractivity contribution in [2.45, 2.75) is 10.9 Å². The van der Waals surface area contributed by atoms with Crippen molar-refractivity contribution < 1.29 is 27.1 Å². The summed E-state index contributed by atoms with van der Waals surface area (Å²) in [6, 6.07) is 11.3. The van der Waals surface area contributed by atoms with Gasteiger partial charge in [-0.15, -0.1) is 0 Å². The highest BCUT2D eigenvalue weighted by atomic mass is 32.2. The van der Waals surface area contributed by atoms with Crippen LogP contribution in [0.2, 0.25) is 0 Å². The van der Waals surface area contributed by atoms with E-state index >= 15 is 0 Å². The van der Waals surface area contributed by atoms with E-state index in [1.165, 1.54) is 43.5 Å². The first kappa shape index (κ1) is 21.4. The minimum Gasteiger partial charge on any atom is -0.465 e. The van der Waals surface area contributed by atoms with E-state index in [1.54, 1.807) is 12.1 Å². The summed E-state index contributed by atoms with van der Waals surface area (Å²) >= 11 is 0. The van der Waals surface area contributed by atoms with E-state index in [0.29, 0.717) is 26.3 Å². The van der Waals surface area contributed by atoms with Crippen molar-refractivity contribution in [1.82, 2.24) is 9.62 Å². The molecule has 9 heteroatoms. The fourth-order valence-electron chi connectivity index (χ4n) is 3.19. The van der Waals surface area contributed by atoms with Crippen LogP contribution < -0.4 is 4.72 Å². The first-order valence-electron chi connectivity index (χ1n) is 9.16. The van der Waals surface area contributed by atoms with Crippen LogP contribution in [0.4, 0.5) is 4.39 Å². The molecule has 1 saturated heterocycles. The molecule has 156 valence electrons. The molecule has 3 rings (SSSR count). The molecule has 1 unspecified atom stereocenters. The lowest BCUT2D eigenvalue weighted by Crippen LogP contribution is -2.43. The fourth-order valence-corrected chi connectivity index (χ4v) is 4.23. The van der Waals surface area contributed by atoms with Crippen LogP contribution in [0.1, 0.15) is 22.0 Å². The zero-order valence-corrected chi connectivity index (χ0v) is 16.8. The van der Waals surface area contributed by atoms with Gasteiger partial charge in [-0.2, -0.15) is 0 Å². The van der Waals surface area contributed by atoms with Gasteiger partial charge in [0.2, 0.25) is 10.0 Å². The van der Waals surface area contributed by atoms with E-state index in [0.717, 1.165) is 5.56 Å². The van der Waals surface area contributed by atoms with Crippen molar-refractivity contribution >= 4 is 16.0 Å². The lowest BCUT2D eigenvalue weighted by Gasteiger charge is -2.34. The van der Waals surface area contributed by atoms with Gasteiger partial charge in [-0.3, -0.25) is 4.90 Å². The molecule has 1 N–H and O–H groups in total. The Hall–Kier alpha value is -2.33. The lowest BCUT2D eigenvalue weighted by molar-refractivity contribution is 0.0172. The minimum absolute atomic E-state index is 0.0463. The molecular weight excluding hydrogens is 399 g/mol. The van der Waals surface area contributed by atoms with Gasteiger partial charge >= 0.3 is 5.97 Å². The summed E-state index contributed by atoms with van der Waals surface area (Å²) in [5.74, 6) is -0.883. The number of morpholine rings is 1. The van der Waals surface area contributed by atoms with Gasteiger partial charge in [-0.25, -0.2) is 22.3 Å². The van der Waals surface area contributed by atoms with Crippen molar-refractivity contribution in [3.8, 4) is 0 Å². The third-order valence-electron chi connectivity index (χ3n) is 4.79. The molecule has 7 nitrogen and oxygen atoms in total. The van der Waals surface area contributed by atoms with E-state index in [1.807, 2.05) is 0 Å². The second-order valence-corrected chi connectivity index (χ2v) is 8.35. The zero-order valence-electron chi connectivity index (χ0n) is 16.0. The van der Waals surface area contributed by atoms with Crippen LogP contribution in [0.25, 0.3) is 0 Å². The van der Waals surface area contributed by atoms with E-state index in [9.17, 15) is 17.6 Å². The highest BCUT2D eigenvalue weighted by Gasteiger charge is 2.25. The van der Waals surface area contributed by atoms with E-state index in [-0.39, 0.29) is 28.9 Å². The Morgan fingerprint density at radius 2 is 1.76 bits per heavy atom. The number of carbonyl (C=O) groups is 1. The first-order chi connectivity index (χ1) is 13.9. The number of rotatable bonds is 7. The highest BCUT2D eigenvalue weighted by Crippen LogP contribution is 2.22. The van der Waals surface area contributed by atoms with Crippen molar-refractivity contribution in [1.29, 1.82) is 0 Å². The number of methoxy groups -OCH3 is 1. The maximum absolute atomic E-state index is 13.3. The number of nitrogens with one attached hydrogen (secondary N) is 1. The van der Waals surface area contributed by atoms with Gasteiger partial charge < -0.3 is 9.47 Å². The van der Waals surface area contributed by atoms with Crippen molar-refractivity contribution in [3.63, 3.8) is 0 Å². The van der Waals surface area contributed by atoms with Crippen LogP contribution in [0.3, 0.4) is 0 Å². The van der Waals surface area contributed by atoms with Gasteiger partial charge in [0.05, 0.1) is 30.8 Å². The Bertz CT molecular complexity index is 926. The summed E-state index contributed by atoms with van der Waals surface area (Å²) in [5, 5.41) is 0. The number of halogens is 1. The van der Waals surface area contributed by atoms with Crippen molar-refractivity contribution in [2.75, 3.05) is 40.0 Å². The molecule has 0 bridgehead atoms. The Balaban J connectivity index is 1.76. The second-order valence-electron chi connectivity index (χ2n) is 6.58. The molecule has 2 aromatic carbocycles. The summed E-state index contributed by atoms with van der Waals surface area (Å²) in [6.07, 6.45) is 0. The van der Waals surface area contributed by atoms with Gasteiger partial charge in [0.1, 0.15) is 5.82 Å². The molecule has 1 aliphatic rings. The molecule has 0 amide bonds. The van der Waals surface area contributed by atoms with Crippen LogP contribution in [0.5, 0.6) is 0 Å². The molecule has 0 aliphatic carbocycles. The van der Waals surface area contributed by atoms with Gasteiger partial charge in [0.15, 0.2) is 0 Å². The molecule has 1 aliphatic heterocycles. The smallest absolute Gasteiger partial charge is 0.337 e. The predicted octanol–water partition coefficient (Wildman–Crippen LogP) is 1.96. The molecule has 0 radical (unpaired) electrons. The average molecular weight is 422 g/mol. The highest BCUT2D eigenvalue weighted by molar-refractivity contribution is 7.89. The number of esters is 1. The molecule has 1 heterocycles. The molecule has 29 heavy (non-hydrogen) atoms. The summed E-state index contributed by atoms with van der Waals surface area (Å²) in [6.45, 7) is 2.53. The topological polar surface area (TPSA) is 84.9 Å². The van der Waals surface area contributed by atoms with Gasteiger partial charge in [-0.1, -0.05) is 12.1 Å². The number of nitrogens with zero attached hydrogens (tertiary/aromatic N) is 1. The average Bonchev–Trinajstić information content (AvgIpc) is 2.75. The molecule has 0 spiro atoms. The number of ether oxygens (including phenoxy) is 2. The van der Waals surface area contributed by atoms with Crippen LogP contribution >= 0.6 is 0 Å². The number of hydrogen-bond donors (Lipinski definition) is 1. The summed E-state index contributed by atoms with van der Waals surface area (Å²) in [5.41, 5.74) is 1.08. The van der Waals surface area contributed by atoms with E-state index in [2.05, 4.69) is 14.4 Å². The zero-order chi connectivity index (χ0) is 20.9. The Kier molecular flexibility index (Phi) is 6.96. The minimum atomic E-state index is -3.79. The molecule has 0 aromatic heterocycles. The van der Waals surface area contributed by atoms with Gasteiger partial charge in [0.25, 0.3) is 0 Å². The number of carbonyl (C=O) groups excluding carboxylic acids is 1. The van der Waals surface area contributed by atoms with Crippen molar-refractivity contribution in [3.05, 3.63) is 65.5 Å². The Morgan fingerprint density at radius 3 is 2.34 bits per heavy atom. The maximum Gasteiger partial charge on any atom is 0.337 e. The quantitative estimate of drug-likeness (QED) is 0.687. The number of benzene rings is 2. The largest absolute Gasteiger partial charge is 0.465 e. The molecule has 0 saturated carbocycles. The number of hydrogen-bond acceptors (Lipinski definition) is 6. The lowest BCUT2D eigenvalue weighted by atomic mass is 10.0. The van der Waals surface area contributed by atoms with Crippen LogP contribution in [0, 0.1) is 5.82 Å². The third-order valence-corrected chi connectivity index (χ3v) is 6.23. The van der Waals surface area contributed by atoms with Gasteiger partial charge in [-0.05, 0) is 42.0 Å². The molecule has 1 atom stereocenters. The molecular formula is C20H23FN2O5S. The standard InChI is InChI=1S/C20H23FN2O5S/c1-27-20(24)16-4-8-18(9-5-16)29(25,26)22-14-19(23-10-12-28-13-11-23)15-2-6-17(21)7-3-15/h2-9,19,22H,10-14H2,1H3. The van der Waals surface area contributed by atoms with E-state index < -0.39 is 16.0 Å². The normalized spacial score (nSPS) is 16.3. The maximum atomic E-state index is 13.3.